The van der Waals surface area contributed by atoms with Gasteiger partial charge in [-0.3, -0.25) is 9.89 Å². The minimum Gasteiger partial charge on any atom is -0.339 e. The van der Waals surface area contributed by atoms with Crippen molar-refractivity contribution in [1.82, 2.24) is 15.2 Å². The van der Waals surface area contributed by atoms with Crippen LogP contribution in [0.5, 0.6) is 0 Å². The standard InChI is InChI=1S/C34H33BrClN5/c1-2-30(35)34-39-32(29-10-6-7-11-31(29)36)22-33(41(34)37)38-23-27-18-20-40(21-19-27)24-28-16-14-26(15-17-28)13-12-25-8-4-3-5-9-25/h2-11,14-17,22,27,39H,1,18-21,23-24,37H2/b34-30+,38-33?. The minimum absolute atomic E-state index is 0.505. The van der Waals surface area contributed by atoms with Crippen LogP contribution in [0.4, 0.5) is 0 Å². The Morgan fingerprint density at radius 2 is 1.66 bits per heavy atom. The second-order valence-electron chi connectivity index (χ2n) is 10.2. The Bertz CT molecular complexity index is 1520. The Morgan fingerprint density at radius 1 is 1.00 bits per heavy atom. The van der Waals surface area contributed by atoms with Gasteiger partial charge in [0.1, 0.15) is 11.7 Å². The van der Waals surface area contributed by atoms with Crippen LogP contribution < -0.4 is 11.2 Å². The number of amidine groups is 1. The van der Waals surface area contributed by atoms with Gasteiger partial charge in [0.15, 0.2) is 0 Å². The van der Waals surface area contributed by atoms with E-state index in [1.165, 1.54) is 5.56 Å². The van der Waals surface area contributed by atoms with Crippen molar-refractivity contribution in [1.29, 1.82) is 0 Å². The van der Waals surface area contributed by atoms with Gasteiger partial charge in [-0.15, -0.1) is 0 Å². The normalized spacial score (nSPS) is 18.3. The lowest BCUT2D eigenvalue weighted by Crippen LogP contribution is -2.45. The Labute approximate surface area is 256 Å². The van der Waals surface area contributed by atoms with Gasteiger partial charge in [0.05, 0.1) is 10.2 Å². The van der Waals surface area contributed by atoms with E-state index in [4.69, 9.17) is 22.4 Å². The summed E-state index contributed by atoms with van der Waals surface area (Å²) in [6, 6.07) is 26.4. The van der Waals surface area contributed by atoms with Crippen LogP contribution in [0, 0.1) is 17.8 Å². The second kappa shape index (κ2) is 13.8. The van der Waals surface area contributed by atoms with Gasteiger partial charge in [-0.25, -0.2) is 10.9 Å². The molecule has 0 radical (unpaired) electrons. The summed E-state index contributed by atoms with van der Waals surface area (Å²) in [5.41, 5.74) is 5.11. The number of hydrogen-bond donors (Lipinski definition) is 2. The molecule has 1 saturated heterocycles. The lowest BCUT2D eigenvalue weighted by atomic mass is 9.96. The number of piperidine rings is 1. The molecule has 0 saturated carbocycles. The zero-order chi connectivity index (χ0) is 28.6. The van der Waals surface area contributed by atoms with Crippen LogP contribution in [0.1, 0.15) is 35.1 Å². The number of rotatable bonds is 6. The Hall–Kier alpha value is -3.60. The first-order valence-electron chi connectivity index (χ1n) is 13.7. The molecule has 0 spiro atoms. The number of likely N-dealkylation sites (tertiary alicyclic amines) is 1. The molecule has 0 aromatic heterocycles. The van der Waals surface area contributed by atoms with Crippen LogP contribution in [0.25, 0.3) is 5.70 Å². The van der Waals surface area contributed by atoms with Gasteiger partial charge in [0.2, 0.25) is 0 Å². The molecule has 3 aromatic rings. The van der Waals surface area contributed by atoms with E-state index in [0.717, 1.165) is 65.9 Å². The predicted molar refractivity (Wildman–Crippen MR) is 174 cm³/mol. The summed E-state index contributed by atoms with van der Waals surface area (Å²) in [4.78, 5) is 7.48. The molecule has 3 N–H and O–H groups in total. The molecule has 41 heavy (non-hydrogen) atoms. The molecule has 7 heteroatoms. The first-order chi connectivity index (χ1) is 20.0. The average Bonchev–Trinajstić information content (AvgIpc) is 3.01. The maximum Gasteiger partial charge on any atom is 0.145 e. The zero-order valence-corrected chi connectivity index (χ0v) is 25.2. The lowest BCUT2D eigenvalue weighted by molar-refractivity contribution is 0.180. The Balaban J connectivity index is 1.19. The molecule has 5 nitrogen and oxygen atoms in total. The third-order valence-electron chi connectivity index (χ3n) is 7.29. The molecular formula is C34H33BrClN5. The van der Waals surface area contributed by atoms with E-state index in [9.17, 15) is 0 Å². The van der Waals surface area contributed by atoms with E-state index in [2.05, 4.69) is 68.8 Å². The quantitative estimate of drug-likeness (QED) is 0.230. The fourth-order valence-corrected chi connectivity index (χ4v) is 5.45. The summed E-state index contributed by atoms with van der Waals surface area (Å²) in [6.45, 7) is 7.63. The van der Waals surface area contributed by atoms with Gasteiger partial charge in [-0.2, -0.15) is 0 Å². The van der Waals surface area contributed by atoms with Crippen molar-refractivity contribution >= 4 is 39.1 Å². The van der Waals surface area contributed by atoms with Gasteiger partial charge in [-0.1, -0.05) is 84.6 Å². The van der Waals surface area contributed by atoms with E-state index < -0.39 is 0 Å². The fraction of sp³-hybridized carbons (Fsp3) is 0.206. The van der Waals surface area contributed by atoms with E-state index in [1.807, 2.05) is 60.7 Å². The molecule has 2 heterocycles. The van der Waals surface area contributed by atoms with Gasteiger partial charge in [0.25, 0.3) is 0 Å². The topological polar surface area (TPSA) is 56.9 Å². The van der Waals surface area contributed by atoms with Crippen molar-refractivity contribution in [3.05, 3.63) is 135 Å². The summed E-state index contributed by atoms with van der Waals surface area (Å²) in [5, 5.41) is 5.59. The van der Waals surface area contributed by atoms with E-state index in [0.29, 0.717) is 22.6 Å². The first kappa shape index (κ1) is 28.9. The molecule has 0 unspecified atom stereocenters. The molecular weight excluding hydrogens is 594 g/mol. The number of nitrogens with zero attached hydrogens (tertiary/aromatic N) is 3. The van der Waals surface area contributed by atoms with Crippen molar-refractivity contribution in [2.24, 2.45) is 16.8 Å². The Kier molecular flexibility index (Phi) is 9.76. The van der Waals surface area contributed by atoms with Crippen LogP contribution in [-0.2, 0) is 6.54 Å². The largest absolute Gasteiger partial charge is 0.339 e. The molecule has 1 fully saturated rings. The van der Waals surface area contributed by atoms with Crippen molar-refractivity contribution in [2.75, 3.05) is 19.6 Å². The third-order valence-corrected chi connectivity index (χ3v) is 8.32. The molecule has 2 aliphatic rings. The van der Waals surface area contributed by atoms with Crippen molar-refractivity contribution in [3.63, 3.8) is 0 Å². The molecule has 5 rings (SSSR count). The van der Waals surface area contributed by atoms with Crippen LogP contribution in [0.2, 0.25) is 5.02 Å². The van der Waals surface area contributed by atoms with E-state index >= 15 is 0 Å². The summed E-state index contributed by atoms with van der Waals surface area (Å²) >= 11 is 10.1. The van der Waals surface area contributed by atoms with Gasteiger partial charge >= 0.3 is 0 Å². The van der Waals surface area contributed by atoms with Crippen LogP contribution in [0.3, 0.4) is 0 Å². The number of nitrogens with one attached hydrogen (secondary N) is 1. The molecule has 0 bridgehead atoms. The molecule has 0 aliphatic carbocycles. The number of aliphatic imine (C=N–C) groups is 1. The third kappa shape index (κ3) is 7.58. The minimum atomic E-state index is 0.505. The number of allylic oxidation sites excluding steroid dienone is 2. The van der Waals surface area contributed by atoms with Crippen LogP contribution in [-0.4, -0.2) is 35.4 Å². The Morgan fingerprint density at radius 3 is 2.34 bits per heavy atom. The monoisotopic (exact) mass is 625 g/mol. The number of benzene rings is 3. The fourth-order valence-electron chi connectivity index (χ4n) is 4.92. The molecule has 0 atom stereocenters. The number of hydrazine groups is 1. The average molecular weight is 627 g/mol. The predicted octanol–water partition coefficient (Wildman–Crippen LogP) is 6.92. The second-order valence-corrected chi connectivity index (χ2v) is 11.4. The van der Waals surface area contributed by atoms with E-state index in [1.54, 1.807) is 11.1 Å². The maximum absolute atomic E-state index is 6.49. The van der Waals surface area contributed by atoms with Crippen molar-refractivity contribution in [2.45, 2.75) is 19.4 Å². The molecule has 2 aliphatic heterocycles. The highest BCUT2D eigenvalue weighted by molar-refractivity contribution is 9.11. The van der Waals surface area contributed by atoms with Crippen LogP contribution in [0.15, 0.2) is 113 Å². The highest BCUT2D eigenvalue weighted by atomic mass is 79.9. The highest BCUT2D eigenvalue weighted by Crippen LogP contribution is 2.28. The molecule has 208 valence electrons. The smallest absolute Gasteiger partial charge is 0.145 e. The number of nitrogens with two attached hydrogens (primary N) is 1. The summed E-state index contributed by atoms with van der Waals surface area (Å²) in [5.74, 6) is 14.8. The van der Waals surface area contributed by atoms with Crippen molar-refractivity contribution < 1.29 is 0 Å². The van der Waals surface area contributed by atoms with Gasteiger partial charge in [-0.05, 0) is 83.7 Å². The summed E-state index contributed by atoms with van der Waals surface area (Å²) in [7, 11) is 0. The molecule has 0 amide bonds. The van der Waals surface area contributed by atoms with Gasteiger partial charge in [0, 0.05) is 40.9 Å². The SMILES string of the molecule is C=C/C(Br)=C1/NC(c2ccccc2Cl)=CC(=NCC2CCN(Cc3ccc(C#Cc4ccccc4)cc3)CC2)N1N. The molecule has 3 aromatic carbocycles. The zero-order valence-electron chi connectivity index (χ0n) is 22.9. The maximum atomic E-state index is 6.49. The highest BCUT2D eigenvalue weighted by Gasteiger charge is 2.24. The first-order valence-corrected chi connectivity index (χ1v) is 14.9. The summed E-state index contributed by atoms with van der Waals surface area (Å²) in [6.07, 6.45) is 5.86. The summed E-state index contributed by atoms with van der Waals surface area (Å²) < 4.78 is 0.745. The lowest BCUT2D eigenvalue weighted by Gasteiger charge is -2.33. The van der Waals surface area contributed by atoms with Crippen molar-refractivity contribution in [3.8, 4) is 11.8 Å². The van der Waals surface area contributed by atoms with Gasteiger partial charge < -0.3 is 5.32 Å². The number of halogens is 2. The number of hydrogen-bond acceptors (Lipinski definition) is 4. The van der Waals surface area contributed by atoms with E-state index in [-0.39, 0.29) is 0 Å². The van der Waals surface area contributed by atoms with Crippen LogP contribution >= 0.6 is 27.5 Å².